The highest BCUT2D eigenvalue weighted by Crippen LogP contribution is 2.50. The third-order valence-electron chi connectivity index (χ3n) is 12.5. The maximum atomic E-state index is 7.48. The average Bonchev–Trinajstić information content (AvgIpc) is 3.30. The highest BCUT2D eigenvalue weighted by atomic mass is 16.5. The van der Waals surface area contributed by atoms with E-state index in [1.165, 1.54) is 16.6 Å². The standard InChI is InChI=1S/C57H45BO2/c1-5-38(3)48(6-2)44-30-42(40-21-10-7-11-22-40)32-46(34-44)50-36-51(47-33-43(41-23-12-8-13-24-41)31-45(35-47)49-25-15-14-20-39(49)4)56-54-55(50)59-53-27-17-16-26-52(53)58(54)37-57(60-56)28-18-9-19-29-57/h5-28,30-36H,1-2,29,37H2,3-4H3/b48-38+. The van der Waals surface area contributed by atoms with Gasteiger partial charge in [0.25, 0.3) is 0 Å². The zero-order chi connectivity index (χ0) is 40.8. The minimum atomic E-state index is -0.507. The highest BCUT2D eigenvalue weighted by molar-refractivity contribution is 6.88. The van der Waals surface area contributed by atoms with Crippen LogP contribution < -0.4 is 20.4 Å². The van der Waals surface area contributed by atoms with Crippen LogP contribution in [-0.2, 0) is 0 Å². The Morgan fingerprint density at radius 2 is 1.20 bits per heavy atom. The summed E-state index contributed by atoms with van der Waals surface area (Å²) in [7, 11) is 0. The number of aryl methyl sites for hydroxylation is 1. The largest absolute Gasteiger partial charge is 0.483 e. The molecule has 1 spiro atoms. The summed E-state index contributed by atoms with van der Waals surface area (Å²) in [4.78, 5) is 0. The van der Waals surface area contributed by atoms with Crippen LogP contribution in [0.4, 0.5) is 0 Å². The van der Waals surface area contributed by atoms with Gasteiger partial charge in [-0.05, 0) is 147 Å². The van der Waals surface area contributed by atoms with Crippen LogP contribution in [0.2, 0.25) is 6.32 Å². The molecular weight excluding hydrogens is 727 g/mol. The molecule has 1 aliphatic carbocycles. The lowest BCUT2D eigenvalue weighted by atomic mass is 9.34. The Hall–Kier alpha value is -7.10. The minimum absolute atomic E-state index is 0.0418. The molecule has 0 bridgehead atoms. The summed E-state index contributed by atoms with van der Waals surface area (Å²) in [6, 6.07) is 54.7. The van der Waals surface area contributed by atoms with Crippen molar-refractivity contribution in [3.8, 4) is 72.9 Å². The summed E-state index contributed by atoms with van der Waals surface area (Å²) in [5.74, 6) is 2.62. The van der Waals surface area contributed by atoms with Gasteiger partial charge < -0.3 is 9.47 Å². The van der Waals surface area contributed by atoms with E-state index >= 15 is 0 Å². The lowest BCUT2D eigenvalue weighted by Gasteiger charge is -2.44. The predicted molar refractivity (Wildman–Crippen MR) is 254 cm³/mol. The summed E-state index contributed by atoms with van der Waals surface area (Å²) in [6.45, 7) is 12.7. The fourth-order valence-corrected chi connectivity index (χ4v) is 9.42. The molecule has 0 saturated heterocycles. The van der Waals surface area contributed by atoms with E-state index in [1.54, 1.807) is 0 Å². The van der Waals surface area contributed by atoms with Crippen molar-refractivity contribution in [1.82, 2.24) is 0 Å². The summed E-state index contributed by atoms with van der Waals surface area (Å²) in [5, 5.41) is 0. The third-order valence-corrected chi connectivity index (χ3v) is 12.5. The van der Waals surface area contributed by atoms with Gasteiger partial charge in [0, 0.05) is 23.0 Å². The summed E-state index contributed by atoms with van der Waals surface area (Å²) < 4.78 is 14.6. The van der Waals surface area contributed by atoms with E-state index in [2.05, 4.69) is 203 Å². The van der Waals surface area contributed by atoms with Crippen molar-refractivity contribution in [2.45, 2.75) is 32.2 Å². The Balaban J connectivity index is 1.31. The second kappa shape index (κ2) is 15.3. The molecule has 0 fully saturated rings. The normalized spacial score (nSPS) is 16.3. The molecule has 1 atom stereocenters. The first-order chi connectivity index (χ1) is 29.4. The van der Waals surface area contributed by atoms with Gasteiger partial charge in [-0.1, -0.05) is 147 Å². The van der Waals surface area contributed by atoms with E-state index in [1.807, 2.05) is 12.2 Å². The minimum Gasteiger partial charge on any atom is -0.483 e. The fourth-order valence-electron chi connectivity index (χ4n) is 9.42. The Morgan fingerprint density at radius 1 is 0.600 bits per heavy atom. The quantitative estimate of drug-likeness (QED) is 0.113. The highest BCUT2D eigenvalue weighted by Gasteiger charge is 2.48. The van der Waals surface area contributed by atoms with Crippen LogP contribution in [0.15, 0.2) is 207 Å². The molecule has 10 rings (SSSR count). The molecule has 0 radical (unpaired) electrons. The van der Waals surface area contributed by atoms with Crippen molar-refractivity contribution in [1.29, 1.82) is 0 Å². The number of hydrogen-bond acceptors (Lipinski definition) is 2. The Kier molecular flexibility index (Phi) is 9.46. The van der Waals surface area contributed by atoms with E-state index in [9.17, 15) is 0 Å². The monoisotopic (exact) mass is 772 g/mol. The third kappa shape index (κ3) is 6.57. The summed E-state index contributed by atoms with van der Waals surface area (Å²) in [6.07, 6.45) is 14.2. The molecule has 60 heavy (non-hydrogen) atoms. The van der Waals surface area contributed by atoms with Crippen LogP contribution in [0.3, 0.4) is 0 Å². The van der Waals surface area contributed by atoms with E-state index in [0.717, 1.165) is 102 Å². The van der Waals surface area contributed by atoms with Crippen molar-refractivity contribution < 1.29 is 9.47 Å². The first-order valence-electron chi connectivity index (χ1n) is 20.9. The zero-order valence-electron chi connectivity index (χ0n) is 34.1. The van der Waals surface area contributed by atoms with Crippen molar-refractivity contribution >= 4 is 23.2 Å². The van der Waals surface area contributed by atoms with Crippen LogP contribution in [0, 0.1) is 6.92 Å². The second-order valence-corrected chi connectivity index (χ2v) is 16.2. The van der Waals surface area contributed by atoms with Crippen LogP contribution in [0.25, 0.3) is 61.2 Å². The van der Waals surface area contributed by atoms with Crippen LogP contribution >= 0.6 is 0 Å². The Bertz CT molecular complexity index is 2930. The fraction of sp³-hybridized carbons (Fsp3) is 0.0877. The van der Waals surface area contributed by atoms with E-state index in [4.69, 9.17) is 9.47 Å². The maximum absolute atomic E-state index is 7.48. The second-order valence-electron chi connectivity index (χ2n) is 16.2. The molecular formula is C57H45BO2. The van der Waals surface area contributed by atoms with Crippen molar-refractivity contribution in [2.75, 3.05) is 0 Å². The van der Waals surface area contributed by atoms with Crippen molar-refractivity contribution in [3.05, 3.63) is 218 Å². The van der Waals surface area contributed by atoms with Gasteiger partial charge in [0.2, 0.25) is 6.71 Å². The van der Waals surface area contributed by atoms with Gasteiger partial charge >= 0.3 is 0 Å². The predicted octanol–water partition coefficient (Wildman–Crippen LogP) is 13.8. The number of hydrogen-bond donors (Lipinski definition) is 0. The van der Waals surface area contributed by atoms with Gasteiger partial charge in [0.15, 0.2) is 0 Å². The van der Waals surface area contributed by atoms with Gasteiger partial charge in [0.1, 0.15) is 22.8 Å². The van der Waals surface area contributed by atoms with Gasteiger partial charge in [-0.2, -0.15) is 0 Å². The molecule has 0 saturated carbocycles. The van der Waals surface area contributed by atoms with E-state index < -0.39 is 5.60 Å². The number of rotatable bonds is 8. The van der Waals surface area contributed by atoms with Crippen LogP contribution in [-0.4, -0.2) is 12.3 Å². The molecule has 0 N–H and O–H groups in total. The molecule has 1 unspecified atom stereocenters. The molecule has 2 nitrogen and oxygen atoms in total. The average molecular weight is 773 g/mol. The number of allylic oxidation sites excluding steroid dienone is 6. The van der Waals surface area contributed by atoms with Crippen LogP contribution in [0.1, 0.15) is 24.5 Å². The Labute approximate surface area is 354 Å². The molecule has 0 aromatic heterocycles. The zero-order valence-corrected chi connectivity index (χ0v) is 34.1. The van der Waals surface area contributed by atoms with Gasteiger partial charge in [0.05, 0.1) is 0 Å². The van der Waals surface area contributed by atoms with Crippen LogP contribution in [0.5, 0.6) is 17.2 Å². The molecule has 288 valence electrons. The molecule has 3 aliphatic rings. The van der Waals surface area contributed by atoms with Gasteiger partial charge in [-0.15, -0.1) is 0 Å². The topological polar surface area (TPSA) is 18.5 Å². The van der Waals surface area contributed by atoms with Gasteiger partial charge in [-0.25, -0.2) is 0 Å². The first-order valence-corrected chi connectivity index (χ1v) is 20.9. The number of fused-ring (bicyclic) bond motifs is 2. The molecule has 2 aliphatic heterocycles. The molecule has 7 aromatic rings. The first kappa shape index (κ1) is 37.2. The number of benzene rings is 7. The SMILES string of the molecule is C=C/C(C)=C(\C=C)c1cc(-c2ccccc2)cc(-c2cc(-c3cc(-c4ccccc4)cc(-c4ccccc4C)c3)c3c4c2Oc2ccccc2B4CC2(C=CC=CC2)O3)c1. The molecule has 0 amide bonds. The molecule has 2 heterocycles. The van der Waals surface area contributed by atoms with E-state index in [0.29, 0.717) is 0 Å². The lowest BCUT2D eigenvalue weighted by Crippen LogP contribution is -2.57. The summed E-state index contributed by atoms with van der Waals surface area (Å²) >= 11 is 0. The lowest BCUT2D eigenvalue weighted by molar-refractivity contribution is 0.140. The van der Waals surface area contributed by atoms with E-state index in [-0.39, 0.29) is 6.71 Å². The smallest absolute Gasteiger partial charge is 0.228 e. The number of para-hydroxylation sites is 1. The molecule has 7 aromatic carbocycles. The molecule has 3 heteroatoms. The Morgan fingerprint density at radius 3 is 1.88 bits per heavy atom. The number of ether oxygens (including phenoxy) is 2. The maximum Gasteiger partial charge on any atom is 0.228 e. The van der Waals surface area contributed by atoms with Crippen molar-refractivity contribution in [2.24, 2.45) is 0 Å². The van der Waals surface area contributed by atoms with Gasteiger partial charge in [-0.3, -0.25) is 0 Å². The van der Waals surface area contributed by atoms with Crippen molar-refractivity contribution in [3.63, 3.8) is 0 Å². The summed E-state index contributed by atoms with van der Waals surface area (Å²) in [5.41, 5.74) is 17.3.